The molecule has 1 aliphatic carbocycles. The van der Waals surface area contributed by atoms with Crippen LogP contribution in [0.5, 0.6) is 0 Å². The van der Waals surface area contributed by atoms with Crippen molar-refractivity contribution in [1.29, 1.82) is 0 Å². The van der Waals surface area contributed by atoms with Gasteiger partial charge in [0.25, 0.3) is 0 Å². The van der Waals surface area contributed by atoms with Gasteiger partial charge in [0, 0.05) is 31.0 Å². The van der Waals surface area contributed by atoms with Crippen LogP contribution in [0, 0.1) is 0 Å². The number of hydrogen-bond acceptors (Lipinski definition) is 4. The second-order valence-corrected chi connectivity index (χ2v) is 8.52. The molecule has 1 aromatic carbocycles. The van der Waals surface area contributed by atoms with Crippen molar-refractivity contribution in [1.82, 2.24) is 15.6 Å². The van der Waals surface area contributed by atoms with Gasteiger partial charge in [-0.15, -0.1) is 0 Å². The van der Waals surface area contributed by atoms with Gasteiger partial charge in [-0.3, -0.25) is 4.98 Å². The van der Waals surface area contributed by atoms with Gasteiger partial charge in [-0.1, -0.05) is 24.3 Å². The number of ether oxygens (including phenoxy) is 1. The van der Waals surface area contributed by atoms with Gasteiger partial charge in [-0.05, 0) is 75.3 Å². The minimum atomic E-state index is -0.451. The molecule has 0 aliphatic heterocycles. The Morgan fingerprint density at radius 2 is 1.79 bits per heavy atom. The Morgan fingerprint density at radius 1 is 1.07 bits per heavy atom. The Labute approximate surface area is 167 Å². The number of pyridine rings is 1. The first-order valence-electron chi connectivity index (χ1n) is 10.1. The first-order valence-corrected chi connectivity index (χ1v) is 10.1. The second-order valence-electron chi connectivity index (χ2n) is 8.52. The number of aromatic nitrogens is 1. The summed E-state index contributed by atoms with van der Waals surface area (Å²) in [4.78, 5) is 16.1. The molecule has 0 unspecified atom stereocenters. The molecule has 1 aromatic heterocycles. The lowest BCUT2D eigenvalue weighted by atomic mass is 9.91. The molecule has 5 heteroatoms. The summed E-state index contributed by atoms with van der Waals surface area (Å²) >= 11 is 0. The summed E-state index contributed by atoms with van der Waals surface area (Å²) in [6.07, 6.45) is 7.45. The van der Waals surface area contributed by atoms with Crippen LogP contribution in [-0.2, 0) is 11.3 Å². The number of amides is 1. The maximum absolute atomic E-state index is 11.9. The number of alkyl carbamates (subject to hydrolysis) is 1. The molecular formula is C23H31N3O2. The van der Waals surface area contributed by atoms with Crippen LogP contribution >= 0.6 is 0 Å². The van der Waals surface area contributed by atoms with Crippen molar-refractivity contribution in [3.8, 4) is 11.1 Å². The molecule has 2 aromatic rings. The third-order valence-electron chi connectivity index (χ3n) is 4.96. The van der Waals surface area contributed by atoms with Gasteiger partial charge in [0.2, 0.25) is 0 Å². The van der Waals surface area contributed by atoms with Gasteiger partial charge in [-0.2, -0.15) is 0 Å². The summed E-state index contributed by atoms with van der Waals surface area (Å²) < 4.78 is 5.35. The fourth-order valence-corrected chi connectivity index (χ4v) is 3.57. The second kappa shape index (κ2) is 9.20. The smallest absolute Gasteiger partial charge is 0.407 e. The van der Waals surface area contributed by atoms with Crippen LogP contribution in [0.4, 0.5) is 4.79 Å². The maximum atomic E-state index is 11.9. The van der Waals surface area contributed by atoms with Crippen molar-refractivity contribution in [2.45, 2.75) is 70.7 Å². The topological polar surface area (TPSA) is 63.2 Å². The van der Waals surface area contributed by atoms with E-state index in [1.165, 1.54) is 11.1 Å². The Bertz CT molecular complexity index is 763. The van der Waals surface area contributed by atoms with E-state index in [1.807, 2.05) is 33.0 Å². The van der Waals surface area contributed by atoms with E-state index in [9.17, 15) is 4.79 Å². The molecule has 1 amide bonds. The highest BCUT2D eigenvalue weighted by Gasteiger charge is 2.24. The summed E-state index contributed by atoms with van der Waals surface area (Å²) in [5, 5.41) is 6.67. The van der Waals surface area contributed by atoms with E-state index in [4.69, 9.17) is 4.74 Å². The summed E-state index contributed by atoms with van der Waals surface area (Å²) in [5.41, 5.74) is 3.15. The average molecular weight is 382 g/mol. The van der Waals surface area contributed by atoms with E-state index in [0.29, 0.717) is 6.04 Å². The standard InChI is InChI=1S/C23H31N3O2/c1-23(2,3)28-22(27)26-21-11-9-20(10-12-21)25-15-17-6-4-7-18(14-17)19-8-5-13-24-16-19/h4-8,13-14,16,20-21,25H,9-12,15H2,1-3H3,(H,26,27). The quantitative estimate of drug-likeness (QED) is 0.790. The molecule has 1 saturated carbocycles. The fraction of sp³-hybridized carbons (Fsp3) is 0.478. The zero-order chi connectivity index (χ0) is 20.0. The summed E-state index contributed by atoms with van der Waals surface area (Å²) in [6, 6.07) is 13.3. The normalized spacial score (nSPS) is 19.8. The first kappa shape index (κ1) is 20.3. The SMILES string of the molecule is CC(C)(C)OC(=O)NC1CCC(NCc2cccc(-c3cccnc3)c2)CC1. The molecule has 1 fully saturated rings. The number of benzene rings is 1. The number of carbonyl (C=O) groups is 1. The third kappa shape index (κ3) is 6.34. The lowest BCUT2D eigenvalue weighted by Gasteiger charge is -2.30. The van der Waals surface area contributed by atoms with Crippen molar-refractivity contribution in [3.05, 3.63) is 54.4 Å². The number of nitrogens with one attached hydrogen (secondary N) is 2. The Kier molecular flexibility index (Phi) is 6.68. The van der Waals surface area contributed by atoms with Gasteiger partial charge < -0.3 is 15.4 Å². The van der Waals surface area contributed by atoms with Gasteiger partial charge in [-0.25, -0.2) is 4.79 Å². The van der Waals surface area contributed by atoms with Gasteiger partial charge in [0.15, 0.2) is 0 Å². The minimum absolute atomic E-state index is 0.210. The predicted octanol–water partition coefficient (Wildman–Crippen LogP) is 4.67. The van der Waals surface area contributed by atoms with Gasteiger partial charge in [0.05, 0.1) is 0 Å². The van der Waals surface area contributed by atoms with Crippen LogP contribution in [0.25, 0.3) is 11.1 Å². The van der Waals surface area contributed by atoms with E-state index in [1.54, 1.807) is 6.20 Å². The molecule has 0 atom stereocenters. The summed E-state index contributed by atoms with van der Waals surface area (Å²) in [7, 11) is 0. The van der Waals surface area contributed by atoms with Crippen molar-refractivity contribution >= 4 is 6.09 Å². The highest BCUT2D eigenvalue weighted by molar-refractivity contribution is 5.68. The van der Waals surface area contributed by atoms with Gasteiger partial charge in [0.1, 0.15) is 5.60 Å². The van der Waals surface area contributed by atoms with E-state index < -0.39 is 5.60 Å². The molecule has 150 valence electrons. The molecule has 0 bridgehead atoms. The minimum Gasteiger partial charge on any atom is -0.444 e. The van der Waals surface area contributed by atoms with Crippen LogP contribution in [0.2, 0.25) is 0 Å². The number of rotatable bonds is 5. The van der Waals surface area contributed by atoms with Crippen molar-refractivity contribution in [2.24, 2.45) is 0 Å². The first-order chi connectivity index (χ1) is 13.4. The molecule has 2 N–H and O–H groups in total. The third-order valence-corrected chi connectivity index (χ3v) is 4.96. The molecule has 1 aliphatic rings. The van der Waals surface area contributed by atoms with E-state index >= 15 is 0 Å². The van der Waals surface area contributed by atoms with E-state index in [2.05, 4.69) is 45.9 Å². The Morgan fingerprint density at radius 3 is 2.46 bits per heavy atom. The highest BCUT2D eigenvalue weighted by atomic mass is 16.6. The van der Waals surface area contributed by atoms with E-state index in [-0.39, 0.29) is 12.1 Å². The number of nitrogens with zero attached hydrogens (tertiary/aromatic N) is 1. The van der Waals surface area contributed by atoms with Gasteiger partial charge >= 0.3 is 6.09 Å². The summed E-state index contributed by atoms with van der Waals surface area (Å²) in [6.45, 7) is 6.51. The zero-order valence-electron chi connectivity index (χ0n) is 17.1. The molecular weight excluding hydrogens is 350 g/mol. The average Bonchev–Trinajstić information content (AvgIpc) is 2.67. The number of carbonyl (C=O) groups excluding carboxylic acids is 1. The molecule has 28 heavy (non-hydrogen) atoms. The van der Waals surface area contributed by atoms with Crippen LogP contribution in [0.1, 0.15) is 52.0 Å². The molecule has 0 spiro atoms. The zero-order valence-corrected chi connectivity index (χ0v) is 17.1. The van der Waals surface area contributed by atoms with Crippen LogP contribution in [-0.4, -0.2) is 28.8 Å². The summed E-state index contributed by atoms with van der Waals surface area (Å²) in [5.74, 6) is 0. The van der Waals surface area contributed by atoms with Crippen molar-refractivity contribution < 1.29 is 9.53 Å². The molecule has 3 rings (SSSR count). The molecule has 0 saturated heterocycles. The van der Waals surface area contributed by atoms with E-state index in [0.717, 1.165) is 37.8 Å². The largest absolute Gasteiger partial charge is 0.444 e. The lowest BCUT2D eigenvalue weighted by molar-refractivity contribution is 0.0489. The highest BCUT2D eigenvalue weighted by Crippen LogP contribution is 2.22. The van der Waals surface area contributed by atoms with Crippen LogP contribution in [0.3, 0.4) is 0 Å². The maximum Gasteiger partial charge on any atom is 0.407 e. The van der Waals surface area contributed by atoms with Crippen LogP contribution < -0.4 is 10.6 Å². The molecule has 5 nitrogen and oxygen atoms in total. The Hall–Kier alpha value is -2.40. The Balaban J connectivity index is 1.44. The molecule has 1 heterocycles. The van der Waals surface area contributed by atoms with Crippen LogP contribution in [0.15, 0.2) is 48.8 Å². The predicted molar refractivity (Wildman–Crippen MR) is 112 cm³/mol. The van der Waals surface area contributed by atoms with Crippen molar-refractivity contribution in [3.63, 3.8) is 0 Å². The molecule has 0 radical (unpaired) electrons. The van der Waals surface area contributed by atoms with Crippen molar-refractivity contribution in [2.75, 3.05) is 0 Å². The lowest BCUT2D eigenvalue weighted by Crippen LogP contribution is -2.43. The number of hydrogen-bond donors (Lipinski definition) is 2. The fourth-order valence-electron chi connectivity index (χ4n) is 3.57. The monoisotopic (exact) mass is 381 g/mol.